The Labute approximate surface area is 191 Å². The van der Waals surface area contributed by atoms with Gasteiger partial charge in [-0.05, 0) is 56.7 Å². The minimum absolute atomic E-state index is 0.281. The Kier molecular flexibility index (Phi) is 7.27. The van der Waals surface area contributed by atoms with Crippen molar-refractivity contribution in [3.05, 3.63) is 82.4 Å². The standard InChI is InChI=1S/C25H25FN2O5/c1-15-9-10-18(12-21(15)26)28-16(2)11-20(17(28)3)22(29)14-33-24(30)13-27-25(31)19-7-5-6-8-23(19)32-4/h5-12H,13-14H2,1-4H3,(H,27,31). The number of rotatable bonds is 8. The van der Waals surface area contributed by atoms with Crippen LogP contribution < -0.4 is 10.1 Å². The monoisotopic (exact) mass is 452 g/mol. The van der Waals surface area contributed by atoms with Gasteiger partial charge in [0.15, 0.2) is 6.61 Å². The lowest BCUT2D eigenvalue weighted by Gasteiger charge is -2.11. The zero-order valence-corrected chi connectivity index (χ0v) is 18.9. The summed E-state index contributed by atoms with van der Waals surface area (Å²) < 4.78 is 25.9. The zero-order chi connectivity index (χ0) is 24.1. The van der Waals surface area contributed by atoms with Crippen molar-refractivity contribution in [2.45, 2.75) is 20.8 Å². The number of para-hydroxylation sites is 1. The van der Waals surface area contributed by atoms with Crippen LogP contribution in [0.25, 0.3) is 5.69 Å². The molecule has 0 atom stereocenters. The Hall–Kier alpha value is -3.94. The number of aromatic nitrogens is 1. The second-order valence-electron chi connectivity index (χ2n) is 7.52. The van der Waals surface area contributed by atoms with Crippen LogP contribution in [0.15, 0.2) is 48.5 Å². The van der Waals surface area contributed by atoms with Gasteiger partial charge in [0.05, 0.1) is 12.7 Å². The van der Waals surface area contributed by atoms with Crippen LogP contribution in [0.4, 0.5) is 4.39 Å². The number of halogens is 1. The molecule has 2 aromatic carbocycles. The smallest absolute Gasteiger partial charge is 0.325 e. The summed E-state index contributed by atoms with van der Waals surface area (Å²) in [6, 6.07) is 13.1. The first kappa shape index (κ1) is 23.7. The Morgan fingerprint density at radius 2 is 1.73 bits per heavy atom. The summed E-state index contributed by atoms with van der Waals surface area (Å²) in [6.45, 7) is 4.35. The molecule has 8 heteroatoms. The topological polar surface area (TPSA) is 86.6 Å². The van der Waals surface area contributed by atoms with Gasteiger partial charge in [-0.15, -0.1) is 0 Å². The second-order valence-corrected chi connectivity index (χ2v) is 7.52. The highest BCUT2D eigenvalue weighted by atomic mass is 19.1. The van der Waals surface area contributed by atoms with Crippen LogP contribution in [0, 0.1) is 26.6 Å². The first-order chi connectivity index (χ1) is 15.7. The van der Waals surface area contributed by atoms with Crippen LogP contribution >= 0.6 is 0 Å². The van der Waals surface area contributed by atoms with E-state index in [2.05, 4.69) is 5.32 Å². The molecular weight excluding hydrogens is 427 g/mol. The van der Waals surface area contributed by atoms with E-state index in [1.54, 1.807) is 67.8 Å². The van der Waals surface area contributed by atoms with Crippen LogP contribution in [0.2, 0.25) is 0 Å². The summed E-state index contributed by atoms with van der Waals surface area (Å²) in [5, 5.41) is 2.45. The number of Topliss-reactive ketones (excluding diaryl/α,β-unsaturated/α-hetero) is 1. The molecule has 0 aliphatic heterocycles. The van der Waals surface area contributed by atoms with Crippen molar-refractivity contribution in [1.82, 2.24) is 9.88 Å². The van der Waals surface area contributed by atoms with Crippen molar-refractivity contribution in [2.75, 3.05) is 20.3 Å². The van der Waals surface area contributed by atoms with Crippen molar-refractivity contribution in [1.29, 1.82) is 0 Å². The number of benzene rings is 2. The summed E-state index contributed by atoms with van der Waals surface area (Å²) in [5.41, 5.74) is 3.14. The third-order valence-electron chi connectivity index (χ3n) is 5.25. The first-order valence-corrected chi connectivity index (χ1v) is 10.3. The molecule has 33 heavy (non-hydrogen) atoms. The number of hydrogen-bond acceptors (Lipinski definition) is 5. The van der Waals surface area contributed by atoms with Gasteiger partial charge in [-0.25, -0.2) is 4.39 Å². The van der Waals surface area contributed by atoms with Crippen LogP contribution in [0.5, 0.6) is 5.75 Å². The molecule has 172 valence electrons. The first-order valence-electron chi connectivity index (χ1n) is 10.3. The van der Waals surface area contributed by atoms with E-state index in [0.717, 1.165) is 5.69 Å². The second kappa shape index (κ2) is 10.1. The molecule has 1 N–H and O–H groups in total. The molecule has 1 heterocycles. The summed E-state index contributed by atoms with van der Waals surface area (Å²) in [6.07, 6.45) is 0. The van der Waals surface area contributed by atoms with Gasteiger partial charge in [0, 0.05) is 22.6 Å². The number of ether oxygens (including phenoxy) is 2. The molecule has 0 spiro atoms. The fourth-order valence-electron chi connectivity index (χ4n) is 3.52. The van der Waals surface area contributed by atoms with Crippen molar-refractivity contribution in [3.8, 4) is 11.4 Å². The van der Waals surface area contributed by atoms with E-state index in [9.17, 15) is 18.8 Å². The third kappa shape index (κ3) is 5.28. The lowest BCUT2D eigenvalue weighted by molar-refractivity contribution is -0.141. The normalized spacial score (nSPS) is 10.6. The molecule has 3 rings (SSSR count). The maximum atomic E-state index is 14.0. The maximum Gasteiger partial charge on any atom is 0.325 e. The van der Waals surface area contributed by atoms with E-state index in [1.807, 2.05) is 0 Å². The van der Waals surface area contributed by atoms with Crippen molar-refractivity contribution >= 4 is 17.7 Å². The van der Waals surface area contributed by atoms with Crippen LogP contribution in [0.1, 0.15) is 37.7 Å². The molecular formula is C25H25FN2O5. The predicted octanol–water partition coefficient (Wildman–Crippen LogP) is 3.71. The highest BCUT2D eigenvalue weighted by Gasteiger charge is 2.19. The Morgan fingerprint density at radius 1 is 1.00 bits per heavy atom. The molecule has 0 saturated heterocycles. The average molecular weight is 452 g/mol. The number of esters is 1. The van der Waals surface area contributed by atoms with E-state index in [1.165, 1.54) is 13.2 Å². The van der Waals surface area contributed by atoms with Gasteiger partial charge >= 0.3 is 5.97 Å². The van der Waals surface area contributed by atoms with Gasteiger partial charge in [-0.2, -0.15) is 0 Å². The van der Waals surface area contributed by atoms with Gasteiger partial charge in [0.2, 0.25) is 5.78 Å². The Balaban J connectivity index is 1.61. The van der Waals surface area contributed by atoms with E-state index in [4.69, 9.17) is 9.47 Å². The van der Waals surface area contributed by atoms with Crippen molar-refractivity contribution < 1.29 is 28.2 Å². The number of ketones is 1. The molecule has 0 unspecified atom stereocenters. The summed E-state index contributed by atoms with van der Waals surface area (Å²) in [7, 11) is 1.44. The number of hydrogen-bond donors (Lipinski definition) is 1. The number of amides is 1. The van der Waals surface area contributed by atoms with Crippen molar-refractivity contribution in [2.24, 2.45) is 0 Å². The number of methoxy groups -OCH3 is 1. The van der Waals surface area contributed by atoms with Gasteiger partial charge in [0.25, 0.3) is 5.91 Å². The molecule has 0 bridgehead atoms. The molecule has 1 aromatic heterocycles. The quantitative estimate of drug-likeness (QED) is 0.416. The number of nitrogens with one attached hydrogen (secondary N) is 1. The molecule has 0 radical (unpaired) electrons. The molecule has 0 aliphatic carbocycles. The highest BCUT2D eigenvalue weighted by Crippen LogP contribution is 2.23. The molecule has 0 aliphatic rings. The lowest BCUT2D eigenvalue weighted by atomic mass is 10.1. The van der Waals surface area contributed by atoms with Crippen LogP contribution in [-0.4, -0.2) is 42.5 Å². The largest absolute Gasteiger partial charge is 0.496 e. The van der Waals surface area contributed by atoms with Crippen LogP contribution in [0.3, 0.4) is 0 Å². The zero-order valence-electron chi connectivity index (χ0n) is 18.9. The Morgan fingerprint density at radius 3 is 2.42 bits per heavy atom. The molecule has 0 saturated carbocycles. The lowest BCUT2D eigenvalue weighted by Crippen LogP contribution is -2.31. The molecule has 3 aromatic rings. The van der Waals surface area contributed by atoms with Gasteiger partial charge < -0.3 is 19.4 Å². The fraction of sp³-hybridized carbons (Fsp3) is 0.240. The van der Waals surface area contributed by atoms with E-state index >= 15 is 0 Å². The summed E-state index contributed by atoms with van der Waals surface area (Å²) in [4.78, 5) is 37.0. The third-order valence-corrected chi connectivity index (χ3v) is 5.25. The molecule has 1 amide bonds. The number of carbonyl (C=O) groups is 3. The maximum absolute atomic E-state index is 14.0. The minimum atomic E-state index is -0.749. The highest BCUT2D eigenvalue weighted by molar-refractivity contribution is 6.00. The number of aryl methyl sites for hydroxylation is 2. The Bertz CT molecular complexity index is 1220. The van der Waals surface area contributed by atoms with E-state index in [0.29, 0.717) is 28.3 Å². The summed E-state index contributed by atoms with van der Waals surface area (Å²) >= 11 is 0. The number of carbonyl (C=O) groups excluding carboxylic acids is 3. The minimum Gasteiger partial charge on any atom is -0.496 e. The van der Waals surface area contributed by atoms with Gasteiger partial charge in [0.1, 0.15) is 18.1 Å². The summed E-state index contributed by atoms with van der Waals surface area (Å²) in [5.74, 6) is -1.60. The SMILES string of the molecule is COc1ccccc1C(=O)NCC(=O)OCC(=O)c1cc(C)n(-c2ccc(C)c(F)c2)c1C. The molecule has 7 nitrogen and oxygen atoms in total. The van der Waals surface area contributed by atoms with Crippen LogP contribution in [-0.2, 0) is 9.53 Å². The average Bonchev–Trinajstić information content (AvgIpc) is 3.11. The molecule has 0 fully saturated rings. The predicted molar refractivity (Wildman–Crippen MR) is 121 cm³/mol. The van der Waals surface area contributed by atoms with Gasteiger partial charge in [-0.1, -0.05) is 18.2 Å². The van der Waals surface area contributed by atoms with E-state index in [-0.39, 0.29) is 11.4 Å². The van der Waals surface area contributed by atoms with E-state index < -0.39 is 30.8 Å². The van der Waals surface area contributed by atoms with Crippen molar-refractivity contribution in [3.63, 3.8) is 0 Å². The van der Waals surface area contributed by atoms with Gasteiger partial charge in [-0.3, -0.25) is 14.4 Å². The fourth-order valence-corrected chi connectivity index (χ4v) is 3.52. The number of nitrogens with zero attached hydrogens (tertiary/aromatic N) is 1.